The first-order valence-electron chi connectivity index (χ1n) is 6.18. The fourth-order valence-corrected chi connectivity index (χ4v) is 1.64. The molecule has 0 spiro atoms. The van der Waals surface area contributed by atoms with Crippen molar-refractivity contribution >= 4 is 5.97 Å². The molecular formula is C12H26NO5+. The van der Waals surface area contributed by atoms with Gasteiger partial charge in [-0.15, -0.1) is 0 Å². The van der Waals surface area contributed by atoms with E-state index in [-0.39, 0.29) is 12.8 Å². The quantitative estimate of drug-likeness (QED) is 0.404. The topological polar surface area (TPSA) is 87.0 Å². The second kappa shape index (κ2) is 7.68. The van der Waals surface area contributed by atoms with Crippen molar-refractivity contribution in [3.8, 4) is 0 Å². The van der Waals surface area contributed by atoms with Crippen molar-refractivity contribution in [3.05, 3.63) is 0 Å². The second-order valence-corrected chi connectivity index (χ2v) is 5.58. The van der Waals surface area contributed by atoms with Gasteiger partial charge in [0.1, 0.15) is 12.6 Å². The Morgan fingerprint density at radius 3 is 2.22 bits per heavy atom. The van der Waals surface area contributed by atoms with Crippen LogP contribution in [-0.4, -0.2) is 72.0 Å². The molecule has 6 heteroatoms. The van der Waals surface area contributed by atoms with Gasteiger partial charge in [-0.05, 0) is 6.42 Å². The molecule has 0 bridgehead atoms. The zero-order valence-electron chi connectivity index (χ0n) is 11.7. The number of aliphatic carboxylic acids is 1. The van der Waals surface area contributed by atoms with Crippen LogP contribution in [0.15, 0.2) is 0 Å². The summed E-state index contributed by atoms with van der Waals surface area (Å²) in [5, 5.41) is 27.8. The molecule has 0 aliphatic carbocycles. The summed E-state index contributed by atoms with van der Waals surface area (Å²) in [6.07, 6.45) is -1.86. The van der Waals surface area contributed by atoms with E-state index in [4.69, 9.17) is 9.84 Å². The number of likely N-dealkylation sites (N-methyl/N-ethyl adjacent to an activating group) is 1. The minimum absolute atomic E-state index is 0.101. The first-order chi connectivity index (χ1) is 8.14. The van der Waals surface area contributed by atoms with Crippen LogP contribution < -0.4 is 0 Å². The van der Waals surface area contributed by atoms with E-state index >= 15 is 0 Å². The molecule has 0 rings (SSSR count). The van der Waals surface area contributed by atoms with E-state index in [9.17, 15) is 15.0 Å². The van der Waals surface area contributed by atoms with Gasteiger partial charge in [0, 0.05) is 6.42 Å². The Hall–Kier alpha value is -0.690. The van der Waals surface area contributed by atoms with Crippen molar-refractivity contribution in [1.29, 1.82) is 0 Å². The first-order valence-corrected chi connectivity index (χ1v) is 6.18. The summed E-state index contributed by atoms with van der Waals surface area (Å²) in [7, 11) is 5.77. The third kappa shape index (κ3) is 9.35. The maximum Gasteiger partial charge on any atom is 0.306 e. The van der Waals surface area contributed by atoms with Crippen molar-refractivity contribution in [3.63, 3.8) is 0 Å². The highest BCUT2D eigenvalue weighted by Crippen LogP contribution is 2.11. The summed E-state index contributed by atoms with van der Waals surface area (Å²) < 4.78 is 5.85. The van der Waals surface area contributed by atoms with Crippen molar-refractivity contribution in [1.82, 2.24) is 0 Å². The van der Waals surface area contributed by atoms with E-state index < -0.39 is 24.5 Å². The van der Waals surface area contributed by atoms with Gasteiger partial charge in [-0.1, -0.05) is 6.92 Å². The monoisotopic (exact) mass is 264 g/mol. The van der Waals surface area contributed by atoms with Crippen LogP contribution in [0.1, 0.15) is 26.2 Å². The lowest BCUT2D eigenvalue weighted by atomic mass is 10.2. The van der Waals surface area contributed by atoms with Gasteiger partial charge < -0.3 is 24.5 Å². The molecule has 0 saturated heterocycles. The average Bonchev–Trinajstić information content (AvgIpc) is 2.12. The van der Waals surface area contributed by atoms with Gasteiger partial charge in [0.15, 0.2) is 6.29 Å². The third-order valence-electron chi connectivity index (χ3n) is 2.45. The summed E-state index contributed by atoms with van der Waals surface area (Å²) in [5.41, 5.74) is 0. The zero-order valence-corrected chi connectivity index (χ0v) is 11.7. The number of carbonyl (C=O) groups is 1. The van der Waals surface area contributed by atoms with Gasteiger partial charge in [0.2, 0.25) is 0 Å². The lowest BCUT2D eigenvalue weighted by Gasteiger charge is -2.30. The van der Waals surface area contributed by atoms with Crippen LogP contribution >= 0.6 is 0 Å². The van der Waals surface area contributed by atoms with E-state index in [1.807, 2.05) is 21.1 Å². The van der Waals surface area contributed by atoms with Crippen LogP contribution in [0.2, 0.25) is 0 Å². The number of hydrogen-bond acceptors (Lipinski definition) is 4. The van der Waals surface area contributed by atoms with E-state index in [2.05, 4.69) is 0 Å². The van der Waals surface area contributed by atoms with Crippen molar-refractivity contribution < 1.29 is 29.3 Å². The van der Waals surface area contributed by atoms with Gasteiger partial charge in [-0.3, -0.25) is 4.79 Å². The standard InChI is InChI=1S/C12H25NO5/c1-5-9(14)6-12(17)18-10(7-11(15)16)8-13(2,3)4/h9-10,12,14,17H,5-8H2,1-4H3/p+1/t9?,10-,12?/m0/s1. The lowest BCUT2D eigenvalue weighted by molar-refractivity contribution is -0.873. The fourth-order valence-electron chi connectivity index (χ4n) is 1.64. The molecule has 0 aromatic rings. The fraction of sp³-hybridized carbons (Fsp3) is 0.917. The van der Waals surface area contributed by atoms with Crippen LogP contribution in [0.4, 0.5) is 0 Å². The number of aliphatic hydroxyl groups is 2. The number of ether oxygens (including phenoxy) is 1. The number of hydrogen-bond donors (Lipinski definition) is 3. The van der Waals surface area contributed by atoms with Gasteiger partial charge >= 0.3 is 5.97 Å². The Kier molecular flexibility index (Phi) is 7.39. The summed E-state index contributed by atoms with van der Waals surface area (Å²) >= 11 is 0. The number of carboxylic acids is 1. The van der Waals surface area contributed by atoms with Gasteiger partial charge in [-0.25, -0.2) is 0 Å². The number of quaternary nitrogens is 1. The van der Waals surface area contributed by atoms with Crippen molar-refractivity contribution in [2.24, 2.45) is 0 Å². The predicted octanol–water partition coefficient (Wildman–Crippen LogP) is 0.0319. The largest absolute Gasteiger partial charge is 0.481 e. The van der Waals surface area contributed by atoms with E-state index in [1.165, 1.54) is 0 Å². The molecule has 0 heterocycles. The molecule has 3 atom stereocenters. The third-order valence-corrected chi connectivity index (χ3v) is 2.45. The molecule has 0 amide bonds. The number of nitrogens with zero attached hydrogens (tertiary/aromatic N) is 1. The minimum Gasteiger partial charge on any atom is -0.481 e. The van der Waals surface area contributed by atoms with Crippen LogP contribution in [0.25, 0.3) is 0 Å². The molecule has 6 nitrogen and oxygen atoms in total. The molecule has 0 aromatic heterocycles. The van der Waals surface area contributed by atoms with Crippen LogP contribution in [0.5, 0.6) is 0 Å². The van der Waals surface area contributed by atoms with Gasteiger partial charge in [0.25, 0.3) is 0 Å². The molecule has 0 aromatic carbocycles. The Balaban J connectivity index is 4.35. The molecule has 0 saturated carbocycles. The molecule has 0 fully saturated rings. The maximum atomic E-state index is 10.7. The van der Waals surface area contributed by atoms with E-state index in [1.54, 1.807) is 6.92 Å². The molecular weight excluding hydrogens is 238 g/mol. The highest BCUT2D eigenvalue weighted by atomic mass is 16.6. The summed E-state index contributed by atoms with van der Waals surface area (Å²) in [6.45, 7) is 2.28. The SMILES string of the molecule is CCC(O)CC(O)O[C@@H](CC(=O)O)C[N+](C)(C)C. The smallest absolute Gasteiger partial charge is 0.306 e. The highest BCUT2D eigenvalue weighted by Gasteiger charge is 2.25. The number of carboxylic acid groups (broad SMARTS) is 1. The predicted molar refractivity (Wildman–Crippen MR) is 66.9 cm³/mol. The summed E-state index contributed by atoms with van der Waals surface area (Å²) in [6, 6.07) is 0. The molecule has 0 aliphatic rings. The Bertz CT molecular complexity index is 251. The minimum atomic E-state index is -1.13. The Morgan fingerprint density at radius 1 is 1.28 bits per heavy atom. The van der Waals surface area contributed by atoms with Crippen molar-refractivity contribution in [2.75, 3.05) is 27.7 Å². The van der Waals surface area contributed by atoms with Crippen LogP contribution in [0, 0.1) is 0 Å². The van der Waals surface area contributed by atoms with Crippen LogP contribution in [-0.2, 0) is 9.53 Å². The molecule has 3 N–H and O–H groups in total. The Morgan fingerprint density at radius 2 is 1.83 bits per heavy atom. The van der Waals surface area contributed by atoms with Gasteiger partial charge in [-0.2, -0.15) is 0 Å². The molecule has 0 aliphatic heterocycles. The molecule has 2 unspecified atom stereocenters. The maximum absolute atomic E-state index is 10.7. The van der Waals surface area contributed by atoms with E-state index in [0.717, 1.165) is 0 Å². The second-order valence-electron chi connectivity index (χ2n) is 5.58. The molecule has 108 valence electrons. The average molecular weight is 264 g/mol. The van der Waals surface area contributed by atoms with Gasteiger partial charge in [0.05, 0.1) is 33.7 Å². The number of aliphatic hydroxyl groups excluding tert-OH is 2. The summed E-state index contributed by atoms with van der Waals surface area (Å²) in [4.78, 5) is 10.7. The molecule has 18 heavy (non-hydrogen) atoms. The Labute approximate surface area is 108 Å². The van der Waals surface area contributed by atoms with Crippen LogP contribution in [0.3, 0.4) is 0 Å². The number of rotatable bonds is 9. The molecule has 0 radical (unpaired) electrons. The zero-order chi connectivity index (χ0) is 14.3. The lowest BCUT2D eigenvalue weighted by Crippen LogP contribution is -2.44. The highest BCUT2D eigenvalue weighted by molar-refractivity contribution is 5.67. The van der Waals surface area contributed by atoms with E-state index in [0.29, 0.717) is 17.4 Å². The first kappa shape index (κ1) is 17.3. The summed E-state index contributed by atoms with van der Waals surface area (Å²) in [5.74, 6) is -0.961. The normalized spacial score (nSPS) is 17.2. The van der Waals surface area contributed by atoms with Crippen molar-refractivity contribution in [2.45, 2.75) is 44.7 Å².